The Kier molecular flexibility index (Phi) is 3.57. The Labute approximate surface area is 97.5 Å². The molecule has 0 aliphatic heterocycles. The first-order valence-electron chi connectivity index (χ1n) is 4.41. The van der Waals surface area contributed by atoms with E-state index in [0.29, 0.717) is 10.3 Å². The van der Waals surface area contributed by atoms with Gasteiger partial charge < -0.3 is 10.0 Å². The van der Waals surface area contributed by atoms with Gasteiger partial charge in [0, 0.05) is 10.9 Å². The average Bonchev–Trinajstić information content (AvgIpc) is 2.45. The minimum absolute atomic E-state index is 0.0760. The summed E-state index contributed by atoms with van der Waals surface area (Å²) < 4.78 is 0. The quantitative estimate of drug-likeness (QED) is 0.893. The number of anilines is 1. The van der Waals surface area contributed by atoms with E-state index in [4.69, 9.17) is 16.7 Å². The van der Waals surface area contributed by atoms with E-state index >= 15 is 0 Å². The molecular formula is C9H13ClN2O2S. The van der Waals surface area contributed by atoms with Crippen molar-refractivity contribution in [2.45, 2.75) is 26.3 Å². The average molecular weight is 249 g/mol. The molecule has 1 aromatic heterocycles. The molecule has 0 atom stereocenters. The maximum Gasteiger partial charge on any atom is 0.323 e. The highest BCUT2D eigenvalue weighted by Crippen LogP contribution is 2.28. The highest BCUT2D eigenvalue weighted by molar-refractivity contribution is 7.14. The van der Waals surface area contributed by atoms with Gasteiger partial charge in [0.25, 0.3) is 0 Å². The summed E-state index contributed by atoms with van der Waals surface area (Å²) >= 11 is 7.06. The fourth-order valence-corrected chi connectivity index (χ4v) is 2.23. The van der Waals surface area contributed by atoms with Crippen LogP contribution in [0.25, 0.3) is 0 Å². The summed E-state index contributed by atoms with van der Waals surface area (Å²) in [7, 11) is 0. The number of rotatable bonds is 3. The molecular weight excluding hydrogens is 236 g/mol. The maximum absolute atomic E-state index is 10.7. The molecule has 1 N–H and O–H groups in total. The predicted octanol–water partition coefficient (Wildman–Crippen LogP) is 2.49. The van der Waals surface area contributed by atoms with Gasteiger partial charge in [-0.05, 0) is 20.8 Å². The topological polar surface area (TPSA) is 53.4 Å². The molecule has 0 spiro atoms. The fourth-order valence-electron chi connectivity index (χ4n) is 1.10. The third-order valence-electron chi connectivity index (χ3n) is 1.80. The monoisotopic (exact) mass is 248 g/mol. The second-order valence-electron chi connectivity index (χ2n) is 4.10. The number of nitrogens with zero attached hydrogens (tertiary/aromatic N) is 2. The van der Waals surface area contributed by atoms with Gasteiger partial charge in [0.2, 0.25) is 0 Å². The van der Waals surface area contributed by atoms with E-state index in [0.717, 1.165) is 0 Å². The summed E-state index contributed by atoms with van der Waals surface area (Å²) in [5, 5.41) is 11.5. The summed E-state index contributed by atoms with van der Waals surface area (Å²) in [4.78, 5) is 16.5. The Balaban J connectivity index is 2.96. The molecule has 1 rings (SSSR count). The second kappa shape index (κ2) is 4.37. The molecule has 0 saturated carbocycles. The van der Waals surface area contributed by atoms with Gasteiger partial charge in [-0.1, -0.05) is 11.6 Å². The van der Waals surface area contributed by atoms with Crippen molar-refractivity contribution >= 4 is 34.0 Å². The van der Waals surface area contributed by atoms with Gasteiger partial charge in [-0.2, -0.15) is 0 Å². The van der Waals surface area contributed by atoms with Crippen LogP contribution in [0.1, 0.15) is 20.8 Å². The van der Waals surface area contributed by atoms with E-state index in [9.17, 15) is 4.79 Å². The van der Waals surface area contributed by atoms with E-state index in [1.54, 1.807) is 10.3 Å². The fraction of sp³-hybridized carbons (Fsp3) is 0.556. The standard InChI is InChI=1S/C9H13ClN2O2S/c1-9(2,3)12(4-7(13)14)8-11-6(10)5-15-8/h5H,4H2,1-3H3,(H,13,14). The van der Waals surface area contributed by atoms with Gasteiger partial charge in [0.05, 0.1) is 0 Å². The van der Waals surface area contributed by atoms with Crippen molar-refractivity contribution in [3.05, 3.63) is 10.5 Å². The van der Waals surface area contributed by atoms with Gasteiger partial charge in [-0.15, -0.1) is 11.3 Å². The molecule has 0 unspecified atom stereocenters. The summed E-state index contributed by atoms with van der Waals surface area (Å²) in [6.07, 6.45) is 0. The number of carboxylic acid groups (broad SMARTS) is 1. The van der Waals surface area contributed by atoms with Gasteiger partial charge in [0.15, 0.2) is 5.13 Å². The first kappa shape index (κ1) is 12.3. The zero-order valence-electron chi connectivity index (χ0n) is 8.82. The molecule has 1 heterocycles. The zero-order chi connectivity index (χ0) is 11.6. The van der Waals surface area contributed by atoms with Gasteiger partial charge in [0.1, 0.15) is 11.7 Å². The normalized spacial score (nSPS) is 11.5. The van der Waals surface area contributed by atoms with Crippen LogP contribution in [0.3, 0.4) is 0 Å². The lowest BCUT2D eigenvalue weighted by Crippen LogP contribution is -2.44. The molecule has 84 valence electrons. The van der Waals surface area contributed by atoms with Crippen molar-refractivity contribution in [3.8, 4) is 0 Å². The number of aliphatic carboxylic acids is 1. The van der Waals surface area contributed by atoms with Crippen molar-refractivity contribution < 1.29 is 9.90 Å². The smallest absolute Gasteiger partial charge is 0.323 e. The lowest BCUT2D eigenvalue weighted by molar-refractivity contribution is -0.135. The molecule has 0 amide bonds. The Morgan fingerprint density at radius 1 is 1.67 bits per heavy atom. The number of halogens is 1. The van der Waals surface area contributed by atoms with E-state index < -0.39 is 5.97 Å². The first-order valence-corrected chi connectivity index (χ1v) is 5.67. The molecule has 0 fully saturated rings. The number of thiazole rings is 1. The highest BCUT2D eigenvalue weighted by Gasteiger charge is 2.26. The van der Waals surface area contributed by atoms with Crippen LogP contribution in [0.15, 0.2) is 5.38 Å². The SMILES string of the molecule is CC(C)(C)N(CC(=O)O)c1nc(Cl)cs1. The molecule has 0 aliphatic rings. The van der Waals surface area contributed by atoms with E-state index in [2.05, 4.69) is 4.98 Å². The summed E-state index contributed by atoms with van der Waals surface area (Å²) in [6, 6.07) is 0. The number of aromatic nitrogens is 1. The Hall–Kier alpha value is -0.810. The molecule has 4 nitrogen and oxygen atoms in total. The van der Waals surface area contributed by atoms with Gasteiger partial charge in [-0.25, -0.2) is 4.98 Å². The van der Waals surface area contributed by atoms with Gasteiger partial charge in [-0.3, -0.25) is 4.79 Å². The van der Waals surface area contributed by atoms with Crippen LogP contribution in [0.5, 0.6) is 0 Å². The van der Waals surface area contributed by atoms with Crippen molar-refractivity contribution in [3.63, 3.8) is 0 Å². The molecule has 6 heteroatoms. The van der Waals surface area contributed by atoms with Crippen LogP contribution in [0, 0.1) is 0 Å². The largest absolute Gasteiger partial charge is 0.480 e. The molecule has 15 heavy (non-hydrogen) atoms. The van der Waals surface area contributed by atoms with Crippen LogP contribution in [0.4, 0.5) is 5.13 Å². The lowest BCUT2D eigenvalue weighted by atomic mass is 10.1. The van der Waals surface area contributed by atoms with E-state index in [1.807, 2.05) is 20.8 Å². The number of carboxylic acids is 1. The highest BCUT2D eigenvalue weighted by atomic mass is 35.5. The minimum atomic E-state index is -0.878. The van der Waals surface area contributed by atoms with E-state index in [-0.39, 0.29) is 12.1 Å². The molecule has 1 aromatic rings. The predicted molar refractivity (Wildman–Crippen MR) is 61.9 cm³/mol. The van der Waals surface area contributed by atoms with Crippen LogP contribution in [-0.4, -0.2) is 28.1 Å². The number of carbonyl (C=O) groups is 1. The summed E-state index contributed by atoms with van der Waals surface area (Å²) in [6.45, 7) is 5.73. The zero-order valence-corrected chi connectivity index (χ0v) is 10.4. The molecule has 0 radical (unpaired) electrons. The van der Waals surface area contributed by atoms with Crippen LogP contribution in [-0.2, 0) is 4.79 Å². The van der Waals surface area contributed by atoms with Crippen LogP contribution < -0.4 is 4.90 Å². The first-order chi connectivity index (χ1) is 6.80. The third-order valence-corrected chi connectivity index (χ3v) is 2.98. The molecule has 0 aliphatic carbocycles. The van der Waals surface area contributed by atoms with Crippen LogP contribution in [0.2, 0.25) is 5.15 Å². The molecule has 0 saturated heterocycles. The molecule has 0 bridgehead atoms. The van der Waals surface area contributed by atoms with Crippen molar-refractivity contribution in [2.24, 2.45) is 0 Å². The van der Waals surface area contributed by atoms with Gasteiger partial charge >= 0.3 is 5.97 Å². The van der Waals surface area contributed by atoms with Crippen LogP contribution >= 0.6 is 22.9 Å². The number of hydrogen-bond donors (Lipinski definition) is 1. The maximum atomic E-state index is 10.7. The number of hydrogen-bond acceptors (Lipinski definition) is 4. The Morgan fingerprint density at radius 2 is 2.27 bits per heavy atom. The Bertz CT molecular complexity index is 359. The summed E-state index contributed by atoms with van der Waals surface area (Å²) in [5.41, 5.74) is -0.292. The lowest BCUT2D eigenvalue weighted by Gasteiger charge is -2.33. The van der Waals surface area contributed by atoms with E-state index in [1.165, 1.54) is 11.3 Å². The van der Waals surface area contributed by atoms with Crippen molar-refractivity contribution in [1.82, 2.24) is 4.98 Å². The minimum Gasteiger partial charge on any atom is -0.480 e. The third kappa shape index (κ3) is 3.35. The van der Waals surface area contributed by atoms with Crippen molar-refractivity contribution in [2.75, 3.05) is 11.4 Å². The Morgan fingerprint density at radius 3 is 2.60 bits per heavy atom. The summed E-state index contributed by atoms with van der Waals surface area (Å²) in [5.74, 6) is -0.878. The molecule has 0 aromatic carbocycles. The van der Waals surface area contributed by atoms with Crippen molar-refractivity contribution in [1.29, 1.82) is 0 Å². The second-order valence-corrected chi connectivity index (χ2v) is 5.33.